The molecule has 0 saturated carbocycles. The summed E-state index contributed by atoms with van der Waals surface area (Å²) in [5.74, 6) is -0.429. The van der Waals surface area contributed by atoms with Gasteiger partial charge in [0.05, 0.1) is 17.3 Å². The van der Waals surface area contributed by atoms with Crippen LogP contribution in [0.1, 0.15) is 44.2 Å². The molecular formula is C18H21FN6O2S. The van der Waals surface area contributed by atoms with Gasteiger partial charge in [-0.2, -0.15) is 14.6 Å². The Morgan fingerprint density at radius 1 is 1.50 bits per heavy atom. The number of hydrogen-bond acceptors (Lipinski definition) is 8. The lowest BCUT2D eigenvalue weighted by Crippen LogP contribution is -2.52. The third-order valence-corrected chi connectivity index (χ3v) is 5.53. The van der Waals surface area contributed by atoms with Gasteiger partial charge in [0.15, 0.2) is 10.8 Å². The van der Waals surface area contributed by atoms with Crippen molar-refractivity contribution < 1.29 is 13.9 Å². The number of amides is 1. The maximum atomic E-state index is 14.2. The van der Waals surface area contributed by atoms with Crippen LogP contribution < -0.4 is 10.1 Å². The molecule has 10 heteroatoms. The topological polar surface area (TPSA) is 104 Å². The van der Waals surface area contributed by atoms with Gasteiger partial charge < -0.3 is 10.1 Å². The summed E-state index contributed by atoms with van der Waals surface area (Å²) in [4.78, 5) is 25.7. The van der Waals surface area contributed by atoms with Gasteiger partial charge in [-0.3, -0.25) is 9.69 Å². The van der Waals surface area contributed by atoms with E-state index in [4.69, 9.17) is 10.00 Å². The number of halogens is 1. The fourth-order valence-corrected chi connectivity index (χ4v) is 4.10. The standard InChI is InChI=1S/C18H21FN6O2S/c1-11(26)23-17-24-16(19)14(28-17)10-25-5-4-13(6-18(25,2)3)27-15-9-21-12(7-20)8-22-15/h8-9,13H,4-6,10H2,1-3H3,(H,23,24,26). The van der Waals surface area contributed by atoms with Crippen LogP contribution in [0.25, 0.3) is 0 Å². The van der Waals surface area contributed by atoms with E-state index in [0.29, 0.717) is 23.8 Å². The van der Waals surface area contributed by atoms with Crippen LogP contribution in [0.3, 0.4) is 0 Å². The minimum atomic E-state index is -0.546. The molecule has 3 rings (SSSR count). The Balaban J connectivity index is 1.62. The zero-order valence-corrected chi connectivity index (χ0v) is 16.7. The minimum absolute atomic E-state index is 0.0465. The van der Waals surface area contributed by atoms with Gasteiger partial charge in [0.25, 0.3) is 0 Å². The molecule has 1 aliphatic heterocycles. The zero-order valence-electron chi connectivity index (χ0n) is 15.9. The Bertz CT molecular complexity index is 892. The highest BCUT2D eigenvalue weighted by atomic mass is 32.1. The van der Waals surface area contributed by atoms with Crippen LogP contribution in [0.15, 0.2) is 12.4 Å². The zero-order chi connectivity index (χ0) is 20.3. The molecule has 1 amide bonds. The highest BCUT2D eigenvalue weighted by Crippen LogP contribution is 2.33. The summed E-state index contributed by atoms with van der Waals surface area (Å²) in [6.45, 7) is 6.67. The van der Waals surface area contributed by atoms with Crippen molar-refractivity contribution in [1.82, 2.24) is 19.9 Å². The Labute approximate surface area is 166 Å². The summed E-state index contributed by atoms with van der Waals surface area (Å²) in [5.41, 5.74) is 0.0146. The fraction of sp³-hybridized carbons (Fsp3) is 0.500. The van der Waals surface area contributed by atoms with E-state index >= 15 is 0 Å². The first-order valence-electron chi connectivity index (χ1n) is 8.83. The predicted molar refractivity (Wildman–Crippen MR) is 101 cm³/mol. The monoisotopic (exact) mass is 404 g/mol. The highest BCUT2D eigenvalue weighted by Gasteiger charge is 2.36. The molecule has 0 spiro atoms. The molecule has 1 atom stereocenters. The van der Waals surface area contributed by atoms with Gasteiger partial charge in [0.2, 0.25) is 17.7 Å². The Morgan fingerprint density at radius 3 is 2.89 bits per heavy atom. The number of rotatable bonds is 5. The van der Waals surface area contributed by atoms with E-state index in [1.165, 1.54) is 19.3 Å². The van der Waals surface area contributed by atoms with Gasteiger partial charge in [-0.25, -0.2) is 9.97 Å². The summed E-state index contributed by atoms with van der Waals surface area (Å²) < 4.78 is 20.1. The first-order valence-corrected chi connectivity index (χ1v) is 9.65. The number of aromatic nitrogens is 3. The number of carbonyl (C=O) groups excluding carboxylic acids is 1. The molecule has 0 radical (unpaired) electrons. The van der Waals surface area contributed by atoms with Crippen LogP contribution in [0.5, 0.6) is 5.88 Å². The molecule has 1 unspecified atom stereocenters. The van der Waals surface area contributed by atoms with Crippen molar-refractivity contribution in [2.75, 3.05) is 11.9 Å². The van der Waals surface area contributed by atoms with Gasteiger partial charge in [-0.1, -0.05) is 11.3 Å². The van der Waals surface area contributed by atoms with E-state index in [1.54, 1.807) is 0 Å². The third kappa shape index (κ3) is 4.79. The summed E-state index contributed by atoms with van der Waals surface area (Å²) in [6, 6.07) is 1.92. The molecule has 0 aliphatic carbocycles. The SMILES string of the molecule is CC(=O)Nc1nc(F)c(CN2CCC(Oc3cnc(C#N)cn3)CC2(C)C)s1. The molecule has 1 aliphatic rings. The molecule has 0 aromatic carbocycles. The maximum absolute atomic E-state index is 14.2. The third-order valence-electron chi connectivity index (χ3n) is 4.60. The second kappa shape index (κ2) is 8.16. The number of ether oxygens (including phenoxy) is 1. The van der Waals surface area contributed by atoms with Crippen LogP contribution in [0, 0.1) is 17.3 Å². The van der Waals surface area contributed by atoms with Crippen LogP contribution in [0.2, 0.25) is 0 Å². The van der Waals surface area contributed by atoms with Crippen molar-refractivity contribution in [2.45, 2.75) is 51.8 Å². The van der Waals surface area contributed by atoms with Crippen molar-refractivity contribution in [3.8, 4) is 11.9 Å². The summed E-state index contributed by atoms with van der Waals surface area (Å²) in [7, 11) is 0. The van der Waals surface area contributed by atoms with E-state index in [9.17, 15) is 9.18 Å². The van der Waals surface area contributed by atoms with Gasteiger partial charge in [-0.05, 0) is 20.3 Å². The number of carbonyl (C=O) groups is 1. The summed E-state index contributed by atoms with van der Waals surface area (Å²) in [6.07, 6.45) is 4.27. The number of hydrogen-bond donors (Lipinski definition) is 1. The summed E-state index contributed by atoms with van der Waals surface area (Å²) in [5, 5.41) is 11.6. The van der Waals surface area contributed by atoms with Crippen LogP contribution in [-0.4, -0.2) is 43.9 Å². The molecule has 1 saturated heterocycles. The lowest BCUT2D eigenvalue weighted by atomic mass is 9.88. The number of anilines is 1. The Kier molecular flexibility index (Phi) is 5.86. The van der Waals surface area contributed by atoms with E-state index in [0.717, 1.165) is 24.2 Å². The van der Waals surface area contributed by atoms with Gasteiger partial charge in [0.1, 0.15) is 12.2 Å². The number of nitriles is 1. The molecule has 28 heavy (non-hydrogen) atoms. The average Bonchev–Trinajstić information content (AvgIpc) is 2.96. The second-order valence-electron chi connectivity index (χ2n) is 7.23. The predicted octanol–water partition coefficient (Wildman–Crippen LogP) is 2.72. The molecular weight excluding hydrogens is 383 g/mol. The smallest absolute Gasteiger partial charge is 0.232 e. The van der Waals surface area contributed by atoms with E-state index < -0.39 is 5.95 Å². The number of nitrogens with one attached hydrogen (secondary N) is 1. The van der Waals surface area contributed by atoms with Crippen molar-refractivity contribution in [3.05, 3.63) is 28.9 Å². The number of thiazole rings is 1. The Hall–Kier alpha value is -2.64. The molecule has 1 fully saturated rings. The second-order valence-corrected chi connectivity index (χ2v) is 8.32. The van der Waals surface area contributed by atoms with Crippen LogP contribution >= 0.6 is 11.3 Å². The van der Waals surface area contributed by atoms with Crippen molar-refractivity contribution >= 4 is 22.4 Å². The largest absolute Gasteiger partial charge is 0.473 e. The summed E-state index contributed by atoms with van der Waals surface area (Å²) >= 11 is 1.15. The highest BCUT2D eigenvalue weighted by molar-refractivity contribution is 7.15. The van der Waals surface area contributed by atoms with Gasteiger partial charge in [-0.15, -0.1) is 0 Å². The van der Waals surface area contributed by atoms with E-state index in [2.05, 4.69) is 39.0 Å². The Morgan fingerprint density at radius 2 is 2.29 bits per heavy atom. The van der Waals surface area contributed by atoms with E-state index in [-0.39, 0.29) is 28.4 Å². The fourth-order valence-electron chi connectivity index (χ4n) is 3.20. The van der Waals surface area contributed by atoms with Crippen molar-refractivity contribution in [2.24, 2.45) is 0 Å². The molecule has 8 nitrogen and oxygen atoms in total. The molecule has 148 valence electrons. The number of nitrogens with zero attached hydrogens (tertiary/aromatic N) is 5. The molecule has 0 bridgehead atoms. The number of piperidine rings is 1. The molecule has 3 heterocycles. The quantitative estimate of drug-likeness (QED) is 0.817. The van der Waals surface area contributed by atoms with Crippen LogP contribution in [-0.2, 0) is 11.3 Å². The molecule has 1 N–H and O–H groups in total. The normalized spacial score (nSPS) is 19.0. The van der Waals surface area contributed by atoms with E-state index in [1.807, 2.05) is 6.07 Å². The first-order chi connectivity index (χ1) is 13.3. The van der Waals surface area contributed by atoms with Gasteiger partial charge >= 0.3 is 0 Å². The van der Waals surface area contributed by atoms with Crippen LogP contribution in [0.4, 0.5) is 9.52 Å². The minimum Gasteiger partial charge on any atom is -0.473 e. The first kappa shape index (κ1) is 20.1. The maximum Gasteiger partial charge on any atom is 0.232 e. The van der Waals surface area contributed by atoms with Crippen molar-refractivity contribution in [3.63, 3.8) is 0 Å². The van der Waals surface area contributed by atoms with Crippen molar-refractivity contribution in [1.29, 1.82) is 5.26 Å². The van der Waals surface area contributed by atoms with Gasteiger partial charge in [0, 0.05) is 32.0 Å². The molecule has 2 aromatic rings. The average molecular weight is 404 g/mol. The number of likely N-dealkylation sites (tertiary alicyclic amines) is 1. The lowest BCUT2D eigenvalue weighted by molar-refractivity contribution is -0.114. The molecule has 2 aromatic heterocycles. The lowest BCUT2D eigenvalue weighted by Gasteiger charge is -2.45.